The van der Waals surface area contributed by atoms with Gasteiger partial charge in [-0.15, -0.1) is 0 Å². The summed E-state index contributed by atoms with van der Waals surface area (Å²) in [6, 6.07) is 12.6. The van der Waals surface area contributed by atoms with Crippen LogP contribution in [0.5, 0.6) is 11.5 Å². The van der Waals surface area contributed by atoms with Crippen LogP contribution in [0.15, 0.2) is 48.2 Å². The molecule has 1 aliphatic heterocycles. The van der Waals surface area contributed by atoms with Crippen LogP contribution in [-0.2, 0) is 0 Å². The Morgan fingerprint density at radius 3 is 2.48 bits per heavy atom. The Labute approximate surface area is 123 Å². The number of aromatic hydroxyl groups is 1. The molecule has 3 nitrogen and oxygen atoms in total. The van der Waals surface area contributed by atoms with Gasteiger partial charge < -0.3 is 9.84 Å². The SMILES string of the molecule is CC(C)c1ccc(/C=C2\Oc3ccc(O)cc3C2=O)cc1. The normalized spacial score (nSPS) is 15.4. The van der Waals surface area contributed by atoms with Gasteiger partial charge in [-0.1, -0.05) is 38.1 Å². The zero-order valence-electron chi connectivity index (χ0n) is 12.0. The lowest BCUT2D eigenvalue weighted by molar-refractivity contribution is 0.101. The van der Waals surface area contributed by atoms with E-state index in [1.54, 1.807) is 12.1 Å². The summed E-state index contributed by atoms with van der Waals surface area (Å²) in [7, 11) is 0. The molecule has 3 heteroatoms. The molecule has 2 aromatic rings. The van der Waals surface area contributed by atoms with E-state index in [0.717, 1.165) is 5.56 Å². The summed E-state index contributed by atoms with van der Waals surface area (Å²) in [5.41, 5.74) is 2.57. The minimum atomic E-state index is -0.200. The highest BCUT2D eigenvalue weighted by atomic mass is 16.5. The van der Waals surface area contributed by atoms with Gasteiger partial charge in [0.15, 0.2) is 5.76 Å². The fourth-order valence-electron chi connectivity index (χ4n) is 2.31. The summed E-state index contributed by atoms with van der Waals surface area (Å²) in [6.45, 7) is 4.28. The molecule has 0 radical (unpaired) electrons. The van der Waals surface area contributed by atoms with Gasteiger partial charge in [0.1, 0.15) is 11.5 Å². The molecule has 1 aliphatic rings. The van der Waals surface area contributed by atoms with Crippen LogP contribution in [-0.4, -0.2) is 10.9 Å². The van der Waals surface area contributed by atoms with E-state index in [-0.39, 0.29) is 17.3 Å². The minimum absolute atomic E-state index is 0.0632. The number of carbonyl (C=O) groups excluding carboxylic acids is 1. The maximum Gasteiger partial charge on any atom is 0.232 e. The van der Waals surface area contributed by atoms with Crippen molar-refractivity contribution >= 4 is 11.9 Å². The van der Waals surface area contributed by atoms with Crippen LogP contribution in [0.1, 0.15) is 41.3 Å². The average Bonchev–Trinajstić information content (AvgIpc) is 2.76. The van der Waals surface area contributed by atoms with Crippen LogP contribution in [0.4, 0.5) is 0 Å². The average molecular weight is 280 g/mol. The first kappa shape index (κ1) is 13.4. The third-order valence-corrected chi connectivity index (χ3v) is 3.55. The molecule has 21 heavy (non-hydrogen) atoms. The van der Waals surface area contributed by atoms with Gasteiger partial charge in [0, 0.05) is 0 Å². The number of hydrogen-bond donors (Lipinski definition) is 1. The predicted molar refractivity (Wildman–Crippen MR) is 81.6 cm³/mol. The largest absolute Gasteiger partial charge is 0.508 e. The molecule has 0 fully saturated rings. The second-order valence-electron chi connectivity index (χ2n) is 5.44. The number of hydrogen-bond acceptors (Lipinski definition) is 3. The molecular formula is C18H16O3. The molecule has 1 N–H and O–H groups in total. The monoisotopic (exact) mass is 280 g/mol. The van der Waals surface area contributed by atoms with Crippen LogP contribution < -0.4 is 4.74 Å². The van der Waals surface area contributed by atoms with Crippen LogP contribution >= 0.6 is 0 Å². The number of phenolic OH excluding ortho intramolecular Hbond substituents is 1. The van der Waals surface area contributed by atoms with Gasteiger partial charge in [0.25, 0.3) is 0 Å². The summed E-state index contributed by atoms with van der Waals surface area (Å²) in [5, 5.41) is 9.45. The molecule has 0 unspecified atom stereocenters. The van der Waals surface area contributed by atoms with Gasteiger partial charge in [-0.05, 0) is 41.3 Å². The Morgan fingerprint density at radius 2 is 1.81 bits per heavy atom. The van der Waals surface area contributed by atoms with Crippen LogP contribution in [0, 0.1) is 0 Å². The third-order valence-electron chi connectivity index (χ3n) is 3.55. The van der Waals surface area contributed by atoms with Gasteiger partial charge in [0.05, 0.1) is 5.56 Å². The van der Waals surface area contributed by atoms with Crippen molar-refractivity contribution in [1.82, 2.24) is 0 Å². The Bertz CT molecular complexity index is 725. The molecule has 0 saturated heterocycles. The Hall–Kier alpha value is -2.55. The van der Waals surface area contributed by atoms with E-state index in [1.807, 2.05) is 12.1 Å². The molecule has 3 rings (SSSR count). The first-order chi connectivity index (χ1) is 10.0. The van der Waals surface area contributed by atoms with Gasteiger partial charge in [-0.25, -0.2) is 0 Å². The van der Waals surface area contributed by atoms with Gasteiger partial charge in [-0.2, -0.15) is 0 Å². The molecule has 106 valence electrons. The van der Waals surface area contributed by atoms with E-state index in [2.05, 4.69) is 26.0 Å². The van der Waals surface area contributed by atoms with Crippen molar-refractivity contribution in [3.05, 3.63) is 64.9 Å². The lowest BCUT2D eigenvalue weighted by Crippen LogP contribution is -1.98. The van der Waals surface area contributed by atoms with Crippen molar-refractivity contribution < 1.29 is 14.6 Å². The predicted octanol–water partition coefficient (Wildman–Crippen LogP) is 4.13. The molecule has 0 spiro atoms. The van der Waals surface area contributed by atoms with Crippen molar-refractivity contribution in [2.45, 2.75) is 19.8 Å². The number of Topliss-reactive ketones (excluding diaryl/α,β-unsaturated/α-hetero) is 1. The topological polar surface area (TPSA) is 46.5 Å². The highest BCUT2D eigenvalue weighted by Gasteiger charge is 2.27. The summed E-state index contributed by atoms with van der Waals surface area (Å²) >= 11 is 0. The highest BCUT2D eigenvalue weighted by Crippen LogP contribution is 2.34. The first-order valence-corrected chi connectivity index (χ1v) is 6.92. The summed E-state index contributed by atoms with van der Waals surface area (Å²) < 4.78 is 5.56. The second-order valence-corrected chi connectivity index (χ2v) is 5.44. The molecule has 0 atom stereocenters. The number of ether oxygens (including phenoxy) is 1. The smallest absolute Gasteiger partial charge is 0.232 e. The molecular weight excluding hydrogens is 264 g/mol. The van der Waals surface area contributed by atoms with E-state index in [0.29, 0.717) is 17.2 Å². The van der Waals surface area contributed by atoms with E-state index in [1.165, 1.54) is 17.7 Å². The van der Waals surface area contributed by atoms with Gasteiger partial charge >= 0.3 is 0 Å². The maximum absolute atomic E-state index is 12.2. The molecule has 0 saturated carbocycles. The highest BCUT2D eigenvalue weighted by molar-refractivity contribution is 6.14. The quantitative estimate of drug-likeness (QED) is 0.841. The molecule has 0 bridgehead atoms. The zero-order valence-corrected chi connectivity index (χ0v) is 12.0. The van der Waals surface area contributed by atoms with Crippen molar-refractivity contribution in [3.8, 4) is 11.5 Å². The van der Waals surface area contributed by atoms with Crippen LogP contribution in [0.2, 0.25) is 0 Å². The lowest BCUT2D eigenvalue weighted by Gasteiger charge is -2.05. The van der Waals surface area contributed by atoms with Gasteiger partial charge in [-0.3, -0.25) is 4.79 Å². The Balaban J connectivity index is 1.90. The molecule has 2 aromatic carbocycles. The molecule has 0 aromatic heterocycles. The van der Waals surface area contributed by atoms with Crippen molar-refractivity contribution in [2.24, 2.45) is 0 Å². The van der Waals surface area contributed by atoms with E-state index < -0.39 is 0 Å². The number of rotatable bonds is 2. The van der Waals surface area contributed by atoms with Crippen LogP contribution in [0.25, 0.3) is 6.08 Å². The fourth-order valence-corrected chi connectivity index (χ4v) is 2.31. The number of benzene rings is 2. The maximum atomic E-state index is 12.2. The van der Waals surface area contributed by atoms with E-state index in [4.69, 9.17) is 4.74 Å². The molecule has 0 amide bonds. The lowest BCUT2D eigenvalue weighted by atomic mass is 10.0. The molecule has 0 aliphatic carbocycles. The van der Waals surface area contributed by atoms with Gasteiger partial charge in [0.2, 0.25) is 5.78 Å². The molecule has 1 heterocycles. The number of fused-ring (bicyclic) bond motifs is 1. The summed E-state index contributed by atoms with van der Waals surface area (Å²) in [6.07, 6.45) is 1.73. The second kappa shape index (κ2) is 5.09. The number of allylic oxidation sites excluding steroid dienone is 1. The number of phenols is 1. The number of ketones is 1. The van der Waals surface area contributed by atoms with Crippen LogP contribution in [0.3, 0.4) is 0 Å². The van der Waals surface area contributed by atoms with E-state index in [9.17, 15) is 9.90 Å². The number of carbonyl (C=O) groups is 1. The zero-order chi connectivity index (χ0) is 15.0. The Morgan fingerprint density at radius 1 is 1.10 bits per heavy atom. The van der Waals surface area contributed by atoms with Crippen molar-refractivity contribution in [1.29, 1.82) is 0 Å². The van der Waals surface area contributed by atoms with Crippen molar-refractivity contribution in [3.63, 3.8) is 0 Å². The minimum Gasteiger partial charge on any atom is -0.508 e. The third kappa shape index (κ3) is 2.55. The van der Waals surface area contributed by atoms with E-state index >= 15 is 0 Å². The summed E-state index contributed by atoms with van der Waals surface area (Å²) in [5.74, 6) is 1.11. The Kier molecular flexibility index (Phi) is 3.26. The van der Waals surface area contributed by atoms with Crippen molar-refractivity contribution in [2.75, 3.05) is 0 Å². The standard InChI is InChI=1S/C18H16O3/c1-11(2)13-5-3-12(4-6-13)9-17-18(20)15-10-14(19)7-8-16(15)21-17/h3-11,19H,1-2H3/b17-9-. The summed E-state index contributed by atoms with van der Waals surface area (Å²) in [4.78, 5) is 12.2. The fraction of sp³-hybridized carbons (Fsp3) is 0.167. The first-order valence-electron chi connectivity index (χ1n) is 6.92.